The van der Waals surface area contributed by atoms with Crippen LogP contribution in [0.3, 0.4) is 0 Å². The molecule has 0 spiro atoms. The molecule has 0 radical (unpaired) electrons. The quantitative estimate of drug-likeness (QED) is 0.772. The molecule has 1 amide bonds. The smallest absolute Gasteiger partial charge is 0.255 e. The Labute approximate surface area is 125 Å². The van der Waals surface area contributed by atoms with Crippen LogP contribution < -0.4 is 0 Å². The van der Waals surface area contributed by atoms with Gasteiger partial charge in [-0.1, -0.05) is 12.1 Å². The van der Waals surface area contributed by atoms with E-state index in [-0.39, 0.29) is 19.0 Å². The van der Waals surface area contributed by atoms with Gasteiger partial charge < -0.3 is 4.90 Å². The fourth-order valence-electron chi connectivity index (χ4n) is 2.55. The largest absolute Gasteiger partial charge is 0.312 e. The highest BCUT2D eigenvalue weighted by Gasteiger charge is 2.16. The Balaban J connectivity index is 2.10. The molecule has 1 aromatic carbocycles. The highest BCUT2D eigenvalue weighted by atomic mass is 16.2. The third kappa shape index (κ3) is 4.05. The normalized spacial score (nSPS) is 14.4. The maximum Gasteiger partial charge on any atom is 0.255 e. The van der Waals surface area contributed by atoms with Crippen LogP contribution in [0.5, 0.6) is 0 Å². The second-order valence-electron chi connectivity index (χ2n) is 5.16. The molecule has 0 aromatic heterocycles. The fraction of sp³-hybridized carbons (Fsp3) is 0.438. The van der Waals surface area contributed by atoms with Gasteiger partial charge in [-0.3, -0.25) is 9.69 Å². The van der Waals surface area contributed by atoms with Crippen LogP contribution in [0.2, 0.25) is 0 Å². The zero-order chi connectivity index (χ0) is 15.1. The predicted molar refractivity (Wildman–Crippen MR) is 78.1 cm³/mol. The molecule has 5 nitrogen and oxygen atoms in total. The van der Waals surface area contributed by atoms with E-state index < -0.39 is 0 Å². The van der Waals surface area contributed by atoms with E-state index in [2.05, 4.69) is 4.90 Å². The maximum absolute atomic E-state index is 12.3. The van der Waals surface area contributed by atoms with Gasteiger partial charge in [-0.25, -0.2) is 0 Å². The minimum Gasteiger partial charge on any atom is -0.312 e. The summed E-state index contributed by atoms with van der Waals surface area (Å²) in [6, 6.07) is 11.3. The van der Waals surface area contributed by atoms with Crippen molar-refractivity contribution < 1.29 is 4.79 Å². The molecule has 0 atom stereocenters. The van der Waals surface area contributed by atoms with Gasteiger partial charge in [0.1, 0.15) is 13.1 Å². The van der Waals surface area contributed by atoms with Crippen LogP contribution in [0.25, 0.3) is 0 Å². The number of hydrogen-bond donors (Lipinski definition) is 0. The van der Waals surface area contributed by atoms with Gasteiger partial charge in [0.05, 0.1) is 12.1 Å². The molecule has 5 heteroatoms. The van der Waals surface area contributed by atoms with Crippen LogP contribution in [0, 0.1) is 22.7 Å². The molecule has 2 rings (SSSR count). The molecule has 1 aromatic rings. The first kappa shape index (κ1) is 15.0. The van der Waals surface area contributed by atoms with E-state index in [1.807, 2.05) is 30.3 Å². The van der Waals surface area contributed by atoms with Crippen molar-refractivity contribution >= 4 is 5.91 Å². The molecular weight excluding hydrogens is 264 g/mol. The Bertz CT molecular complexity index is 563. The highest BCUT2D eigenvalue weighted by molar-refractivity contribution is 5.94. The van der Waals surface area contributed by atoms with Gasteiger partial charge in [-0.05, 0) is 43.6 Å². The first-order chi connectivity index (χ1) is 10.2. The molecule has 108 valence electrons. The summed E-state index contributed by atoms with van der Waals surface area (Å²) in [6.45, 7) is 2.92. The van der Waals surface area contributed by atoms with Crippen molar-refractivity contribution in [2.45, 2.75) is 19.4 Å². The van der Waals surface area contributed by atoms with Crippen molar-refractivity contribution in [3.63, 3.8) is 0 Å². The van der Waals surface area contributed by atoms with Gasteiger partial charge in [-0.15, -0.1) is 0 Å². The number of carbonyl (C=O) groups is 1. The molecule has 0 saturated carbocycles. The molecule has 1 aliphatic rings. The van der Waals surface area contributed by atoms with Crippen LogP contribution >= 0.6 is 0 Å². The molecule has 0 bridgehead atoms. The van der Waals surface area contributed by atoms with Gasteiger partial charge in [0.15, 0.2) is 0 Å². The van der Waals surface area contributed by atoms with Crippen molar-refractivity contribution in [1.29, 1.82) is 10.5 Å². The van der Waals surface area contributed by atoms with Crippen molar-refractivity contribution in [3.05, 3.63) is 35.4 Å². The topological polar surface area (TPSA) is 71.1 Å². The van der Waals surface area contributed by atoms with Crippen molar-refractivity contribution in [2.75, 3.05) is 26.2 Å². The second-order valence-corrected chi connectivity index (χ2v) is 5.16. The average Bonchev–Trinajstić information content (AvgIpc) is 2.99. The first-order valence-electron chi connectivity index (χ1n) is 7.09. The van der Waals surface area contributed by atoms with E-state index >= 15 is 0 Å². The van der Waals surface area contributed by atoms with E-state index in [0.717, 1.165) is 25.2 Å². The van der Waals surface area contributed by atoms with Crippen molar-refractivity contribution in [2.24, 2.45) is 0 Å². The standard InChI is InChI=1S/C16H18N4O/c17-6-10-20(11-7-18)16(21)15-5-3-4-14(12-15)13-19-8-1-2-9-19/h3-5,12H,1-2,8-11,13H2. The molecule has 1 fully saturated rings. The van der Waals surface area contributed by atoms with Crippen LogP contribution in [0.15, 0.2) is 24.3 Å². The second kappa shape index (κ2) is 7.42. The van der Waals surface area contributed by atoms with E-state index in [0.29, 0.717) is 5.56 Å². The molecule has 0 N–H and O–H groups in total. The van der Waals surface area contributed by atoms with E-state index in [1.54, 1.807) is 6.07 Å². The molecule has 1 saturated heterocycles. The van der Waals surface area contributed by atoms with E-state index in [4.69, 9.17) is 10.5 Å². The number of benzene rings is 1. The minimum absolute atomic E-state index is 0.0667. The zero-order valence-electron chi connectivity index (χ0n) is 12.0. The minimum atomic E-state index is -0.263. The lowest BCUT2D eigenvalue weighted by atomic mass is 10.1. The SMILES string of the molecule is N#CCN(CC#N)C(=O)c1cccc(CN2CCCC2)c1. The van der Waals surface area contributed by atoms with E-state index in [1.165, 1.54) is 17.7 Å². The number of nitrogens with zero attached hydrogens (tertiary/aromatic N) is 4. The summed E-state index contributed by atoms with van der Waals surface area (Å²) in [5, 5.41) is 17.5. The Morgan fingerprint density at radius 3 is 2.48 bits per heavy atom. The number of carbonyl (C=O) groups excluding carboxylic acids is 1. The summed E-state index contributed by atoms with van der Waals surface area (Å²) >= 11 is 0. The number of nitriles is 2. The van der Waals surface area contributed by atoms with Crippen LogP contribution in [-0.4, -0.2) is 41.9 Å². The summed E-state index contributed by atoms with van der Waals surface area (Å²) in [4.78, 5) is 16.0. The lowest BCUT2D eigenvalue weighted by molar-refractivity contribution is 0.0794. The summed E-state index contributed by atoms with van der Waals surface area (Å²) in [5.41, 5.74) is 1.63. The highest BCUT2D eigenvalue weighted by Crippen LogP contribution is 2.14. The maximum atomic E-state index is 12.3. The monoisotopic (exact) mass is 282 g/mol. The van der Waals surface area contributed by atoms with Crippen molar-refractivity contribution in [3.8, 4) is 12.1 Å². The van der Waals surface area contributed by atoms with Crippen LogP contribution in [0.1, 0.15) is 28.8 Å². The average molecular weight is 282 g/mol. The number of rotatable bonds is 5. The van der Waals surface area contributed by atoms with Gasteiger partial charge in [-0.2, -0.15) is 10.5 Å². The van der Waals surface area contributed by atoms with Gasteiger partial charge in [0, 0.05) is 12.1 Å². The van der Waals surface area contributed by atoms with Gasteiger partial charge in [0.25, 0.3) is 5.91 Å². The molecule has 0 aliphatic carbocycles. The van der Waals surface area contributed by atoms with Gasteiger partial charge in [0.2, 0.25) is 0 Å². The Morgan fingerprint density at radius 1 is 1.19 bits per heavy atom. The van der Waals surface area contributed by atoms with Crippen LogP contribution in [-0.2, 0) is 6.54 Å². The van der Waals surface area contributed by atoms with Crippen molar-refractivity contribution in [1.82, 2.24) is 9.80 Å². The number of hydrogen-bond acceptors (Lipinski definition) is 4. The fourth-order valence-corrected chi connectivity index (χ4v) is 2.55. The number of likely N-dealkylation sites (tertiary alicyclic amines) is 1. The van der Waals surface area contributed by atoms with Gasteiger partial charge >= 0.3 is 0 Å². The summed E-state index contributed by atoms with van der Waals surface area (Å²) in [6.07, 6.45) is 2.47. The third-order valence-electron chi connectivity index (χ3n) is 3.59. The Morgan fingerprint density at radius 2 is 1.86 bits per heavy atom. The Hall–Kier alpha value is -2.37. The predicted octanol–water partition coefficient (Wildman–Crippen LogP) is 1.77. The van der Waals surface area contributed by atoms with E-state index in [9.17, 15) is 4.79 Å². The third-order valence-corrected chi connectivity index (χ3v) is 3.59. The Kier molecular flexibility index (Phi) is 5.31. The molecule has 1 aliphatic heterocycles. The first-order valence-corrected chi connectivity index (χ1v) is 7.09. The zero-order valence-corrected chi connectivity index (χ0v) is 12.0. The molecule has 0 unspecified atom stereocenters. The molecular formula is C16H18N4O. The summed E-state index contributed by atoms with van der Waals surface area (Å²) in [5.74, 6) is -0.263. The summed E-state index contributed by atoms with van der Waals surface area (Å²) < 4.78 is 0. The summed E-state index contributed by atoms with van der Waals surface area (Å²) in [7, 11) is 0. The lowest BCUT2D eigenvalue weighted by Gasteiger charge is -2.18. The lowest BCUT2D eigenvalue weighted by Crippen LogP contribution is -2.31. The molecule has 21 heavy (non-hydrogen) atoms. The number of amides is 1. The van der Waals surface area contributed by atoms with Crippen LogP contribution in [0.4, 0.5) is 0 Å². The molecule has 1 heterocycles.